The summed E-state index contributed by atoms with van der Waals surface area (Å²) >= 11 is 0. The van der Waals surface area contributed by atoms with Crippen molar-refractivity contribution in [3.8, 4) is 0 Å². The van der Waals surface area contributed by atoms with Crippen LogP contribution in [0.2, 0.25) is 0 Å². The van der Waals surface area contributed by atoms with Gasteiger partial charge in [0.25, 0.3) is 0 Å². The number of carboxylic acid groups (broad SMARTS) is 1. The van der Waals surface area contributed by atoms with Gasteiger partial charge < -0.3 is 20.5 Å². The van der Waals surface area contributed by atoms with E-state index in [-0.39, 0.29) is 17.3 Å². The van der Waals surface area contributed by atoms with Gasteiger partial charge in [-0.15, -0.1) is 0 Å². The highest BCUT2D eigenvalue weighted by molar-refractivity contribution is 6.00. The van der Waals surface area contributed by atoms with E-state index in [2.05, 4.69) is 10.6 Å². The van der Waals surface area contributed by atoms with E-state index in [1.807, 2.05) is 6.92 Å². The summed E-state index contributed by atoms with van der Waals surface area (Å²) in [4.78, 5) is 22.6. The van der Waals surface area contributed by atoms with E-state index in [1.165, 1.54) is 6.07 Å². The van der Waals surface area contributed by atoms with Crippen LogP contribution < -0.4 is 10.6 Å². The second kappa shape index (κ2) is 7.44. The summed E-state index contributed by atoms with van der Waals surface area (Å²) in [5.41, 5.74) is -0.280. The van der Waals surface area contributed by atoms with Gasteiger partial charge in [0, 0.05) is 6.61 Å². The van der Waals surface area contributed by atoms with E-state index in [4.69, 9.17) is 9.84 Å². The van der Waals surface area contributed by atoms with Crippen LogP contribution in [0.5, 0.6) is 0 Å². The van der Waals surface area contributed by atoms with Crippen LogP contribution >= 0.6 is 0 Å². The molecule has 0 fully saturated rings. The fraction of sp³-hybridized carbons (Fsp3) is 0.385. The van der Waals surface area contributed by atoms with Crippen molar-refractivity contribution >= 4 is 17.7 Å². The van der Waals surface area contributed by atoms with Gasteiger partial charge in [-0.25, -0.2) is 14.0 Å². The summed E-state index contributed by atoms with van der Waals surface area (Å²) in [5, 5.41) is 13.9. The molecule has 3 N–H and O–H groups in total. The molecule has 0 spiro atoms. The van der Waals surface area contributed by atoms with Crippen molar-refractivity contribution in [1.29, 1.82) is 0 Å². The number of carbonyl (C=O) groups excluding carboxylic acids is 1. The number of rotatable bonds is 6. The van der Waals surface area contributed by atoms with Crippen LogP contribution in [-0.4, -0.2) is 36.4 Å². The van der Waals surface area contributed by atoms with Crippen LogP contribution in [0.25, 0.3) is 0 Å². The van der Waals surface area contributed by atoms with Gasteiger partial charge >= 0.3 is 12.0 Å². The average molecular weight is 284 g/mol. The largest absolute Gasteiger partial charge is 0.478 e. The van der Waals surface area contributed by atoms with Gasteiger partial charge in [-0.1, -0.05) is 0 Å². The number of aromatic carboxylic acids is 1. The molecule has 1 unspecified atom stereocenters. The first-order valence-electron chi connectivity index (χ1n) is 6.12. The molecule has 1 aromatic carbocycles. The van der Waals surface area contributed by atoms with E-state index in [1.54, 1.807) is 6.92 Å². The number of urea groups is 1. The van der Waals surface area contributed by atoms with Gasteiger partial charge in [0.15, 0.2) is 0 Å². The second-order valence-corrected chi connectivity index (χ2v) is 4.15. The van der Waals surface area contributed by atoms with Crippen molar-refractivity contribution in [1.82, 2.24) is 5.32 Å². The lowest BCUT2D eigenvalue weighted by atomic mass is 10.1. The third-order valence-corrected chi connectivity index (χ3v) is 2.41. The minimum absolute atomic E-state index is 0.0278. The zero-order valence-corrected chi connectivity index (χ0v) is 11.3. The Morgan fingerprint density at radius 1 is 1.45 bits per heavy atom. The summed E-state index contributed by atoms with van der Waals surface area (Å²) in [6, 6.07) is 2.31. The van der Waals surface area contributed by atoms with Crippen molar-refractivity contribution in [2.45, 2.75) is 19.9 Å². The molecule has 20 heavy (non-hydrogen) atoms. The Morgan fingerprint density at radius 3 is 2.75 bits per heavy atom. The highest BCUT2D eigenvalue weighted by atomic mass is 19.1. The Labute approximate surface area is 115 Å². The predicted molar refractivity (Wildman–Crippen MR) is 71.5 cm³/mol. The standard InChI is InChI=1S/C13H17FN2O4/c1-3-20-7-8(2)15-13(19)16-11-5-4-9(14)6-10(11)12(17)18/h4-6,8H,3,7H2,1-2H3,(H,17,18)(H2,15,16,19). The van der Waals surface area contributed by atoms with Gasteiger partial charge in [-0.2, -0.15) is 0 Å². The molecule has 0 heterocycles. The first-order chi connectivity index (χ1) is 9.43. The fourth-order valence-electron chi connectivity index (χ4n) is 1.52. The molecule has 110 valence electrons. The van der Waals surface area contributed by atoms with Gasteiger partial charge in [-0.05, 0) is 32.0 Å². The van der Waals surface area contributed by atoms with Crippen LogP contribution in [0, 0.1) is 5.82 Å². The first kappa shape index (κ1) is 15.9. The van der Waals surface area contributed by atoms with Crippen LogP contribution in [-0.2, 0) is 4.74 Å². The summed E-state index contributed by atoms with van der Waals surface area (Å²) in [7, 11) is 0. The summed E-state index contributed by atoms with van der Waals surface area (Å²) < 4.78 is 18.1. The number of ether oxygens (including phenoxy) is 1. The minimum Gasteiger partial charge on any atom is -0.478 e. The lowest BCUT2D eigenvalue weighted by Gasteiger charge is -2.15. The molecule has 1 rings (SSSR count). The van der Waals surface area contributed by atoms with Crippen LogP contribution in [0.4, 0.5) is 14.9 Å². The molecule has 0 saturated heterocycles. The smallest absolute Gasteiger partial charge is 0.337 e. The lowest BCUT2D eigenvalue weighted by molar-refractivity contribution is 0.0697. The molecule has 1 atom stereocenters. The second-order valence-electron chi connectivity index (χ2n) is 4.15. The normalized spacial score (nSPS) is 11.8. The molecule has 1 aromatic rings. The minimum atomic E-state index is -1.32. The van der Waals surface area contributed by atoms with Crippen LogP contribution in [0.15, 0.2) is 18.2 Å². The topological polar surface area (TPSA) is 87.7 Å². The highest BCUT2D eigenvalue weighted by Gasteiger charge is 2.14. The molecule has 0 saturated carbocycles. The molecule has 2 amide bonds. The average Bonchev–Trinajstić information content (AvgIpc) is 2.38. The maximum absolute atomic E-state index is 13.0. The molecule has 7 heteroatoms. The molecule has 0 aliphatic rings. The third kappa shape index (κ3) is 4.85. The zero-order valence-electron chi connectivity index (χ0n) is 11.3. The Hall–Kier alpha value is -2.15. The van der Waals surface area contributed by atoms with Crippen molar-refractivity contribution < 1.29 is 23.8 Å². The summed E-state index contributed by atoms with van der Waals surface area (Å²) in [6.45, 7) is 4.47. The Morgan fingerprint density at radius 2 is 2.15 bits per heavy atom. The number of benzene rings is 1. The first-order valence-corrected chi connectivity index (χ1v) is 6.12. The number of amides is 2. The molecule has 6 nitrogen and oxygen atoms in total. The number of hydrogen-bond donors (Lipinski definition) is 3. The van der Waals surface area contributed by atoms with Crippen LogP contribution in [0.3, 0.4) is 0 Å². The van der Waals surface area contributed by atoms with E-state index >= 15 is 0 Å². The predicted octanol–water partition coefficient (Wildman–Crippen LogP) is 2.07. The van der Waals surface area contributed by atoms with E-state index < -0.39 is 17.8 Å². The summed E-state index contributed by atoms with van der Waals surface area (Å²) in [6.07, 6.45) is 0. The molecule has 0 bridgehead atoms. The highest BCUT2D eigenvalue weighted by Crippen LogP contribution is 2.17. The van der Waals surface area contributed by atoms with Crippen LogP contribution in [0.1, 0.15) is 24.2 Å². The third-order valence-electron chi connectivity index (χ3n) is 2.41. The van der Waals surface area contributed by atoms with E-state index in [0.29, 0.717) is 13.2 Å². The van der Waals surface area contributed by atoms with Gasteiger partial charge in [0.05, 0.1) is 23.9 Å². The van der Waals surface area contributed by atoms with Gasteiger partial charge in [-0.3, -0.25) is 0 Å². The maximum Gasteiger partial charge on any atom is 0.337 e. The Balaban J connectivity index is 2.68. The number of carboxylic acids is 1. The number of halogens is 1. The number of nitrogens with one attached hydrogen (secondary N) is 2. The SMILES string of the molecule is CCOCC(C)NC(=O)Nc1ccc(F)cc1C(=O)O. The molecule has 0 aromatic heterocycles. The molecule has 0 aliphatic carbocycles. The zero-order chi connectivity index (χ0) is 15.1. The van der Waals surface area contributed by atoms with Crippen molar-refractivity contribution in [3.05, 3.63) is 29.6 Å². The molecule has 0 aliphatic heterocycles. The van der Waals surface area contributed by atoms with Gasteiger partial charge in [0.1, 0.15) is 5.82 Å². The van der Waals surface area contributed by atoms with Crippen molar-refractivity contribution in [2.75, 3.05) is 18.5 Å². The molecule has 0 radical (unpaired) electrons. The van der Waals surface area contributed by atoms with E-state index in [0.717, 1.165) is 12.1 Å². The monoisotopic (exact) mass is 284 g/mol. The Bertz CT molecular complexity index is 493. The lowest BCUT2D eigenvalue weighted by Crippen LogP contribution is -2.39. The Kier molecular flexibility index (Phi) is 5.92. The van der Waals surface area contributed by atoms with E-state index in [9.17, 15) is 14.0 Å². The van der Waals surface area contributed by atoms with Gasteiger partial charge in [0.2, 0.25) is 0 Å². The number of anilines is 1. The fourth-order valence-corrected chi connectivity index (χ4v) is 1.52. The summed E-state index contributed by atoms with van der Waals surface area (Å²) in [5.74, 6) is -2.00. The maximum atomic E-state index is 13.0. The number of hydrogen-bond acceptors (Lipinski definition) is 3. The molecular formula is C13H17FN2O4. The van der Waals surface area contributed by atoms with Crippen molar-refractivity contribution in [2.24, 2.45) is 0 Å². The van der Waals surface area contributed by atoms with Crippen molar-refractivity contribution in [3.63, 3.8) is 0 Å². The molecular weight excluding hydrogens is 267 g/mol. The quantitative estimate of drug-likeness (QED) is 0.746. The number of carbonyl (C=O) groups is 2.